The van der Waals surface area contributed by atoms with Gasteiger partial charge in [-0.3, -0.25) is 14.5 Å². The fourth-order valence-electron chi connectivity index (χ4n) is 2.91. The molecule has 3 heterocycles. The van der Waals surface area contributed by atoms with Crippen molar-refractivity contribution in [2.75, 3.05) is 31.3 Å². The molecule has 0 radical (unpaired) electrons. The monoisotopic (exact) mass is 522 g/mol. The largest absolute Gasteiger partial charge is 0.477 e. The second-order valence-electron chi connectivity index (χ2n) is 6.29. The molecule has 17 heteroatoms. The van der Waals surface area contributed by atoms with Crippen LogP contribution in [0.3, 0.4) is 0 Å². The summed E-state index contributed by atoms with van der Waals surface area (Å²) in [5.41, 5.74) is 10.2. The van der Waals surface area contributed by atoms with Crippen molar-refractivity contribution in [2.45, 2.75) is 11.4 Å². The van der Waals surface area contributed by atoms with Gasteiger partial charge in [0.1, 0.15) is 36.0 Å². The second kappa shape index (κ2) is 11.2. The van der Waals surface area contributed by atoms with E-state index in [1.807, 2.05) is 0 Å². The van der Waals surface area contributed by atoms with E-state index in [0.717, 1.165) is 16.2 Å². The van der Waals surface area contributed by atoms with Crippen molar-refractivity contribution in [1.29, 1.82) is 0 Å². The predicted octanol–water partition coefficient (Wildman–Crippen LogP) is -1.31. The van der Waals surface area contributed by atoms with Crippen LogP contribution in [0.4, 0.5) is 9.93 Å². The highest BCUT2D eigenvalue weighted by molar-refractivity contribution is 8.00. The number of thiazole rings is 1. The number of primary amides is 1. The van der Waals surface area contributed by atoms with Gasteiger partial charge in [0.2, 0.25) is 0 Å². The number of nitrogens with zero attached hydrogens (tertiary/aromatic N) is 3. The van der Waals surface area contributed by atoms with Crippen molar-refractivity contribution < 1.29 is 39.0 Å². The van der Waals surface area contributed by atoms with Gasteiger partial charge in [-0.15, -0.1) is 35.5 Å². The van der Waals surface area contributed by atoms with Gasteiger partial charge in [0, 0.05) is 16.7 Å². The molecule has 0 aromatic carbocycles. The molecule has 1 aromatic rings. The first-order chi connectivity index (χ1) is 15.2. The lowest BCUT2D eigenvalue weighted by molar-refractivity contribution is -0.150. The van der Waals surface area contributed by atoms with Gasteiger partial charge in [0.15, 0.2) is 10.8 Å². The highest BCUT2D eigenvalue weighted by atomic mass is 35.5. The van der Waals surface area contributed by atoms with Crippen LogP contribution < -0.4 is 16.8 Å². The van der Waals surface area contributed by atoms with Crippen LogP contribution in [0.25, 0.3) is 0 Å². The number of anilines is 1. The van der Waals surface area contributed by atoms with Crippen LogP contribution in [0.15, 0.2) is 21.8 Å². The Morgan fingerprint density at radius 2 is 2.12 bits per heavy atom. The molecule has 180 valence electrons. The first-order valence-electron chi connectivity index (χ1n) is 8.89. The van der Waals surface area contributed by atoms with Gasteiger partial charge in [-0.25, -0.2) is 14.6 Å². The molecule has 33 heavy (non-hydrogen) atoms. The molecule has 1 unspecified atom stereocenters. The van der Waals surface area contributed by atoms with Crippen molar-refractivity contribution in [1.82, 2.24) is 15.2 Å². The summed E-state index contributed by atoms with van der Waals surface area (Å²) >= 11 is 2.24. The number of aliphatic carboxylic acids is 1. The van der Waals surface area contributed by atoms with Gasteiger partial charge < -0.3 is 36.6 Å². The maximum Gasteiger partial charge on any atom is 0.404 e. The van der Waals surface area contributed by atoms with Gasteiger partial charge in [-0.2, -0.15) is 0 Å². The number of carbonyl (C=O) groups is 4. The van der Waals surface area contributed by atoms with Crippen molar-refractivity contribution >= 4 is 70.2 Å². The molecule has 0 bridgehead atoms. The zero-order chi connectivity index (χ0) is 23.4. The van der Waals surface area contributed by atoms with Crippen LogP contribution in [0.5, 0.6) is 0 Å². The average molecular weight is 523 g/mol. The third-order valence-electron chi connectivity index (χ3n) is 4.24. The third kappa shape index (κ3) is 5.65. The van der Waals surface area contributed by atoms with Crippen LogP contribution in [0, 0.1) is 0 Å². The van der Waals surface area contributed by atoms with E-state index in [1.54, 1.807) is 0 Å². The maximum atomic E-state index is 12.8. The Hall–Kier alpha value is -3.08. The van der Waals surface area contributed by atoms with Gasteiger partial charge in [0.05, 0.1) is 6.61 Å². The van der Waals surface area contributed by atoms with Gasteiger partial charge >= 0.3 is 12.1 Å². The van der Waals surface area contributed by atoms with Gasteiger partial charge in [-0.05, 0) is 0 Å². The predicted molar refractivity (Wildman–Crippen MR) is 119 cm³/mol. The number of nitrogens with one attached hydrogen (secondary N) is 1. The van der Waals surface area contributed by atoms with E-state index in [9.17, 15) is 24.3 Å². The first-order valence-corrected chi connectivity index (χ1v) is 10.8. The van der Waals surface area contributed by atoms with E-state index >= 15 is 0 Å². The van der Waals surface area contributed by atoms with E-state index in [0.29, 0.717) is 0 Å². The van der Waals surface area contributed by atoms with Crippen molar-refractivity contribution in [3.63, 3.8) is 0 Å². The first kappa shape index (κ1) is 26.2. The zero-order valence-corrected chi connectivity index (χ0v) is 19.1. The Balaban J connectivity index is 0.00000385. The van der Waals surface area contributed by atoms with E-state index < -0.39 is 35.3 Å². The number of nitrogen functional groups attached to an aromatic ring is 1. The number of nitrogens with two attached hydrogens (primary N) is 2. The number of hydrogen-bond donors (Lipinski definition) is 5. The molecule has 1 fully saturated rings. The maximum absolute atomic E-state index is 12.8. The molecule has 0 aliphatic carbocycles. The number of rotatable bonds is 9. The van der Waals surface area contributed by atoms with Crippen LogP contribution in [0.2, 0.25) is 0 Å². The lowest BCUT2D eigenvalue weighted by Crippen LogP contribution is -2.71. The van der Waals surface area contributed by atoms with Crippen LogP contribution in [-0.4, -0.2) is 86.7 Å². The number of carboxylic acids is 1. The molecular formula is C16H19ClN6O8S2. The van der Waals surface area contributed by atoms with Gasteiger partial charge in [0.25, 0.3) is 11.8 Å². The highest BCUT2D eigenvalue weighted by Crippen LogP contribution is 2.40. The fourth-order valence-corrected chi connectivity index (χ4v) is 4.79. The number of aliphatic hydroxyl groups is 1. The summed E-state index contributed by atoms with van der Waals surface area (Å²) in [6.07, 6.45) is -1.08. The summed E-state index contributed by atoms with van der Waals surface area (Å²) in [6, 6.07) is -1.04. The minimum atomic E-state index is -1.38. The number of fused-ring (bicyclic) bond motifs is 1. The quantitative estimate of drug-likeness (QED) is 0.111. The number of β-lactam (4-membered cyclic amide) rings is 1. The van der Waals surface area contributed by atoms with Crippen molar-refractivity contribution in [2.24, 2.45) is 10.9 Å². The molecule has 2 aliphatic rings. The molecule has 2 atom stereocenters. The molecule has 2 aliphatic heterocycles. The molecule has 1 aromatic heterocycles. The van der Waals surface area contributed by atoms with Crippen molar-refractivity contribution in [3.05, 3.63) is 22.3 Å². The molecular weight excluding hydrogens is 504 g/mol. The third-order valence-corrected chi connectivity index (χ3v) is 6.26. The van der Waals surface area contributed by atoms with E-state index in [2.05, 4.69) is 20.2 Å². The Bertz CT molecular complexity index is 1010. The van der Waals surface area contributed by atoms with Crippen molar-refractivity contribution in [3.8, 4) is 0 Å². The van der Waals surface area contributed by atoms with E-state index in [4.69, 9.17) is 21.4 Å². The minimum absolute atomic E-state index is 0. The molecule has 0 saturated carbocycles. The average Bonchev–Trinajstić information content (AvgIpc) is 3.18. The Labute approximate surface area is 200 Å². The smallest absolute Gasteiger partial charge is 0.404 e. The number of aliphatic hydroxyl groups excluding tert-OH is 1. The molecule has 0 spiro atoms. The summed E-state index contributed by atoms with van der Waals surface area (Å²) in [4.78, 5) is 57.9. The molecule has 14 nitrogen and oxygen atoms in total. The minimum Gasteiger partial charge on any atom is -0.477 e. The number of oxime groups is 1. The zero-order valence-electron chi connectivity index (χ0n) is 16.6. The lowest BCUT2D eigenvalue weighted by atomic mass is 10.0. The number of thioether (sulfide) groups is 1. The number of halogens is 1. The Kier molecular flexibility index (Phi) is 8.86. The molecule has 1 saturated heterocycles. The summed E-state index contributed by atoms with van der Waals surface area (Å²) in [5, 5.41) is 25.5. The number of aromatic nitrogens is 1. The Morgan fingerprint density at radius 3 is 2.70 bits per heavy atom. The normalized spacial score (nSPS) is 19.7. The second-order valence-corrected chi connectivity index (χ2v) is 8.29. The number of amides is 3. The van der Waals surface area contributed by atoms with E-state index in [1.165, 1.54) is 17.1 Å². The molecule has 7 N–H and O–H groups in total. The van der Waals surface area contributed by atoms with Crippen LogP contribution in [-0.2, 0) is 24.0 Å². The van der Waals surface area contributed by atoms with Crippen LogP contribution >= 0.6 is 35.5 Å². The summed E-state index contributed by atoms with van der Waals surface area (Å²) < 4.78 is 4.66. The summed E-state index contributed by atoms with van der Waals surface area (Å²) in [7, 11) is 0. The summed E-state index contributed by atoms with van der Waals surface area (Å²) in [6.45, 7) is -0.881. The number of carbonyl (C=O) groups excluding carboxylic acids is 3. The summed E-state index contributed by atoms with van der Waals surface area (Å²) in [5.74, 6) is -2.71. The van der Waals surface area contributed by atoms with E-state index in [-0.39, 0.29) is 65.8 Å². The Morgan fingerprint density at radius 1 is 1.39 bits per heavy atom. The standard InChI is InChI=1S/C16H18N6O8S2.ClH/c17-15-19-7(5-32-15)8(21-30-2-1-23)11(24)20-9-12(25)22-10(14(26)27)6(3-29-16(18)28)4-31-13(9)22;/h5,9,13,23H,1-4H2,(H2,17,19)(H2,18,28)(H,20,24)(H,26,27);1H/b21-8-;/t9?,13-;/m1./s1. The molecule has 3 amide bonds. The highest BCUT2D eigenvalue weighted by Gasteiger charge is 2.54. The molecule has 3 rings (SSSR count). The topological polar surface area (TPSA) is 220 Å². The lowest BCUT2D eigenvalue weighted by Gasteiger charge is -2.49. The number of carboxylic acid groups (broad SMARTS) is 1. The number of hydrogen-bond acceptors (Lipinski definition) is 12. The fraction of sp³-hybridized carbons (Fsp3) is 0.375. The SMILES string of the molecule is Cl.NC(=O)OCC1=C(C(=O)O)N2C(=O)C(NC(=O)/C(=N\OCCO)c3csc(N)n3)[C@H]2SC1. The van der Waals surface area contributed by atoms with Crippen LogP contribution in [0.1, 0.15) is 5.69 Å². The number of ether oxygens (including phenoxy) is 1. The van der Waals surface area contributed by atoms with Gasteiger partial charge in [-0.1, -0.05) is 5.16 Å².